The van der Waals surface area contributed by atoms with Crippen molar-refractivity contribution in [1.29, 1.82) is 0 Å². The normalized spacial score (nSPS) is 16.6. The fourth-order valence-electron chi connectivity index (χ4n) is 3.08. The Hall–Kier alpha value is -1.96. The zero-order chi connectivity index (χ0) is 17.8. The molecule has 8 heteroatoms. The molecule has 7 nitrogen and oxygen atoms in total. The van der Waals surface area contributed by atoms with Crippen LogP contribution in [-0.4, -0.2) is 45.6 Å². The highest BCUT2D eigenvalue weighted by Crippen LogP contribution is 2.22. The standard InChI is InChI=1S/C17H22ClN5O2/c1-11-16(21-22-23(11)12-6-8-19-9-7-12)17(25)20-10-15(24)13-4-2-3-5-14(13)18/h2-5,12,15,19,24H,6-10H2,1H3,(H,20,25)/t15-/m0/s1. The van der Waals surface area contributed by atoms with E-state index in [1.54, 1.807) is 24.3 Å². The number of nitrogens with one attached hydrogen (secondary N) is 2. The second-order valence-electron chi connectivity index (χ2n) is 6.20. The maximum absolute atomic E-state index is 12.4. The number of aliphatic hydroxyl groups excluding tert-OH is 1. The summed E-state index contributed by atoms with van der Waals surface area (Å²) in [5.74, 6) is -0.344. The van der Waals surface area contributed by atoms with E-state index in [4.69, 9.17) is 11.6 Å². The summed E-state index contributed by atoms with van der Waals surface area (Å²) in [4.78, 5) is 12.4. The molecule has 1 amide bonds. The fraction of sp³-hybridized carbons (Fsp3) is 0.471. The summed E-state index contributed by atoms with van der Waals surface area (Å²) in [5.41, 5.74) is 1.63. The average Bonchev–Trinajstić information content (AvgIpc) is 3.02. The summed E-state index contributed by atoms with van der Waals surface area (Å²) in [6.07, 6.45) is 1.06. The molecule has 1 atom stereocenters. The smallest absolute Gasteiger partial charge is 0.273 e. The molecule has 1 aliphatic rings. The second-order valence-corrected chi connectivity index (χ2v) is 6.60. The zero-order valence-electron chi connectivity index (χ0n) is 14.1. The van der Waals surface area contributed by atoms with Crippen LogP contribution in [0.4, 0.5) is 0 Å². The van der Waals surface area contributed by atoms with Crippen LogP contribution in [-0.2, 0) is 0 Å². The van der Waals surface area contributed by atoms with Crippen molar-refractivity contribution in [3.63, 3.8) is 0 Å². The lowest BCUT2D eigenvalue weighted by Gasteiger charge is -2.23. The van der Waals surface area contributed by atoms with E-state index < -0.39 is 6.10 Å². The molecular formula is C17H22ClN5O2. The third-order valence-electron chi connectivity index (χ3n) is 4.52. The molecule has 0 aliphatic carbocycles. The molecule has 0 unspecified atom stereocenters. The van der Waals surface area contributed by atoms with Gasteiger partial charge in [0.2, 0.25) is 0 Å². The van der Waals surface area contributed by atoms with Gasteiger partial charge < -0.3 is 15.7 Å². The first-order chi connectivity index (χ1) is 12.1. The van der Waals surface area contributed by atoms with E-state index in [-0.39, 0.29) is 18.5 Å². The van der Waals surface area contributed by atoms with E-state index in [0.717, 1.165) is 31.6 Å². The SMILES string of the molecule is Cc1c(C(=O)NC[C@H](O)c2ccccc2Cl)nnn1C1CCNCC1. The Kier molecular flexibility index (Phi) is 5.67. The highest BCUT2D eigenvalue weighted by atomic mass is 35.5. The van der Waals surface area contributed by atoms with E-state index >= 15 is 0 Å². The lowest BCUT2D eigenvalue weighted by Crippen LogP contribution is -2.31. The number of benzene rings is 1. The summed E-state index contributed by atoms with van der Waals surface area (Å²) >= 11 is 6.06. The minimum Gasteiger partial charge on any atom is -0.387 e. The highest BCUT2D eigenvalue weighted by molar-refractivity contribution is 6.31. The molecule has 1 aliphatic heterocycles. The molecule has 1 fully saturated rings. The van der Waals surface area contributed by atoms with E-state index in [2.05, 4.69) is 20.9 Å². The van der Waals surface area contributed by atoms with Gasteiger partial charge in [0.1, 0.15) is 0 Å². The van der Waals surface area contributed by atoms with Gasteiger partial charge in [0.05, 0.1) is 17.8 Å². The number of hydrogen-bond donors (Lipinski definition) is 3. The molecule has 1 aromatic carbocycles. The van der Waals surface area contributed by atoms with Crippen LogP contribution in [0, 0.1) is 6.92 Å². The van der Waals surface area contributed by atoms with Gasteiger partial charge in [-0.05, 0) is 38.9 Å². The van der Waals surface area contributed by atoms with Crippen molar-refractivity contribution in [2.24, 2.45) is 0 Å². The van der Waals surface area contributed by atoms with Crippen LogP contribution in [0.15, 0.2) is 24.3 Å². The molecule has 3 rings (SSSR count). The number of hydrogen-bond acceptors (Lipinski definition) is 5. The number of rotatable bonds is 5. The largest absolute Gasteiger partial charge is 0.387 e. The van der Waals surface area contributed by atoms with Crippen LogP contribution in [0.3, 0.4) is 0 Å². The molecule has 2 aromatic rings. The van der Waals surface area contributed by atoms with Gasteiger partial charge in [0.25, 0.3) is 5.91 Å². The van der Waals surface area contributed by atoms with Gasteiger partial charge in [0.15, 0.2) is 5.69 Å². The monoisotopic (exact) mass is 363 g/mol. The van der Waals surface area contributed by atoms with Gasteiger partial charge in [-0.15, -0.1) is 5.10 Å². The summed E-state index contributed by atoms with van der Waals surface area (Å²) < 4.78 is 1.83. The topological polar surface area (TPSA) is 92.1 Å². The average molecular weight is 364 g/mol. The fourth-order valence-corrected chi connectivity index (χ4v) is 3.34. The number of amides is 1. The molecular weight excluding hydrogens is 342 g/mol. The van der Waals surface area contributed by atoms with Crippen molar-refractivity contribution in [1.82, 2.24) is 25.6 Å². The lowest BCUT2D eigenvalue weighted by molar-refractivity contribution is 0.0910. The van der Waals surface area contributed by atoms with Crippen molar-refractivity contribution >= 4 is 17.5 Å². The Labute approximate surface area is 151 Å². The summed E-state index contributed by atoms with van der Waals surface area (Å²) in [6, 6.07) is 7.29. The minimum absolute atomic E-state index is 0.0578. The van der Waals surface area contributed by atoms with Crippen LogP contribution in [0.25, 0.3) is 0 Å². The Bertz CT molecular complexity index is 742. The third kappa shape index (κ3) is 4.00. The molecule has 0 saturated carbocycles. The van der Waals surface area contributed by atoms with Crippen molar-refractivity contribution in [3.05, 3.63) is 46.2 Å². The third-order valence-corrected chi connectivity index (χ3v) is 4.86. The number of halogens is 1. The van der Waals surface area contributed by atoms with E-state index in [1.807, 2.05) is 11.6 Å². The molecule has 0 bridgehead atoms. The quantitative estimate of drug-likeness (QED) is 0.751. The van der Waals surface area contributed by atoms with Crippen molar-refractivity contribution in [3.8, 4) is 0 Å². The van der Waals surface area contributed by atoms with E-state index in [1.165, 1.54) is 0 Å². The molecule has 25 heavy (non-hydrogen) atoms. The molecule has 3 N–H and O–H groups in total. The van der Waals surface area contributed by atoms with Gasteiger partial charge in [-0.25, -0.2) is 4.68 Å². The molecule has 0 spiro atoms. The molecule has 0 radical (unpaired) electrons. The summed E-state index contributed by atoms with van der Waals surface area (Å²) in [6.45, 7) is 3.79. The van der Waals surface area contributed by atoms with Crippen LogP contribution in [0.1, 0.15) is 46.7 Å². The molecule has 1 saturated heterocycles. The Morgan fingerprint density at radius 2 is 2.16 bits per heavy atom. The van der Waals surface area contributed by atoms with Gasteiger partial charge in [0, 0.05) is 17.1 Å². The van der Waals surface area contributed by atoms with Crippen LogP contribution >= 0.6 is 11.6 Å². The van der Waals surface area contributed by atoms with Crippen LogP contribution < -0.4 is 10.6 Å². The molecule has 1 aromatic heterocycles. The maximum atomic E-state index is 12.4. The van der Waals surface area contributed by atoms with Crippen molar-refractivity contribution < 1.29 is 9.90 Å². The number of piperidine rings is 1. The first-order valence-corrected chi connectivity index (χ1v) is 8.79. The zero-order valence-corrected chi connectivity index (χ0v) is 14.8. The van der Waals surface area contributed by atoms with Gasteiger partial charge in [-0.1, -0.05) is 35.0 Å². The first-order valence-electron chi connectivity index (χ1n) is 8.41. The number of aromatic nitrogens is 3. The van der Waals surface area contributed by atoms with Gasteiger partial charge >= 0.3 is 0 Å². The predicted molar refractivity (Wildman–Crippen MR) is 94.6 cm³/mol. The van der Waals surface area contributed by atoms with Gasteiger partial charge in [-0.3, -0.25) is 4.79 Å². The summed E-state index contributed by atoms with van der Waals surface area (Å²) in [7, 11) is 0. The number of carbonyl (C=O) groups excluding carboxylic acids is 1. The van der Waals surface area contributed by atoms with E-state index in [0.29, 0.717) is 16.3 Å². The predicted octanol–water partition coefficient (Wildman–Crippen LogP) is 1.63. The number of carbonyl (C=O) groups is 1. The highest BCUT2D eigenvalue weighted by Gasteiger charge is 2.23. The van der Waals surface area contributed by atoms with Crippen LogP contribution in [0.5, 0.6) is 0 Å². The Balaban J connectivity index is 1.64. The minimum atomic E-state index is -0.877. The van der Waals surface area contributed by atoms with E-state index in [9.17, 15) is 9.90 Å². The summed E-state index contributed by atoms with van der Waals surface area (Å²) in [5, 5.41) is 24.9. The maximum Gasteiger partial charge on any atom is 0.273 e. The molecule has 134 valence electrons. The van der Waals surface area contributed by atoms with Crippen molar-refractivity contribution in [2.75, 3.05) is 19.6 Å². The lowest BCUT2D eigenvalue weighted by atomic mass is 10.1. The Morgan fingerprint density at radius 1 is 1.44 bits per heavy atom. The first kappa shape index (κ1) is 17.8. The second kappa shape index (κ2) is 7.95. The molecule has 2 heterocycles. The van der Waals surface area contributed by atoms with Gasteiger partial charge in [-0.2, -0.15) is 0 Å². The van der Waals surface area contributed by atoms with Crippen LogP contribution in [0.2, 0.25) is 5.02 Å². The number of aliphatic hydroxyl groups is 1. The van der Waals surface area contributed by atoms with Crippen molar-refractivity contribution in [2.45, 2.75) is 31.9 Å². The number of nitrogens with zero attached hydrogens (tertiary/aromatic N) is 3. The Morgan fingerprint density at radius 3 is 2.88 bits per heavy atom.